The molecule has 0 saturated heterocycles. The van der Waals surface area contributed by atoms with Gasteiger partial charge in [0.05, 0.1) is 5.56 Å². The SMILES string of the molecule is Cc1cccc(NC(=O)Nc2ccc(-c3ccc(OCC(=O)O)c4c3CNC4=O)cc2)c1. The van der Waals surface area contributed by atoms with Gasteiger partial charge in [-0.1, -0.05) is 30.3 Å². The predicted molar refractivity (Wildman–Crippen MR) is 120 cm³/mol. The molecule has 3 aromatic carbocycles. The first kappa shape index (κ1) is 20.9. The maximum Gasteiger partial charge on any atom is 0.341 e. The normalized spacial score (nSPS) is 12.0. The van der Waals surface area contributed by atoms with E-state index in [0.717, 1.165) is 22.3 Å². The number of carbonyl (C=O) groups excluding carboxylic acids is 2. The number of anilines is 2. The second-order valence-electron chi connectivity index (χ2n) is 7.36. The zero-order valence-electron chi connectivity index (χ0n) is 17.3. The lowest BCUT2D eigenvalue weighted by Crippen LogP contribution is -2.19. The van der Waals surface area contributed by atoms with Crippen LogP contribution < -0.4 is 20.7 Å². The Bertz CT molecular complexity index is 1200. The van der Waals surface area contributed by atoms with Crippen molar-refractivity contribution in [3.05, 3.63) is 77.4 Å². The van der Waals surface area contributed by atoms with E-state index in [1.165, 1.54) is 0 Å². The molecule has 0 aromatic heterocycles. The number of nitrogens with one attached hydrogen (secondary N) is 3. The van der Waals surface area contributed by atoms with Crippen molar-refractivity contribution in [2.24, 2.45) is 0 Å². The van der Waals surface area contributed by atoms with E-state index < -0.39 is 12.6 Å². The summed E-state index contributed by atoms with van der Waals surface area (Å²) in [6.07, 6.45) is 0. The Labute approximate surface area is 184 Å². The van der Waals surface area contributed by atoms with Crippen molar-refractivity contribution in [1.29, 1.82) is 0 Å². The number of amides is 3. The maximum absolute atomic E-state index is 12.3. The first-order chi connectivity index (χ1) is 15.4. The molecule has 1 heterocycles. The predicted octanol–water partition coefficient (Wildman–Crippen LogP) is 4.01. The summed E-state index contributed by atoms with van der Waals surface area (Å²) < 4.78 is 5.28. The molecular weight excluding hydrogens is 410 g/mol. The van der Waals surface area contributed by atoms with Gasteiger partial charge in [-0.15, -0.1) is 0 Å². The minimum atomic E-state index is -1.12. The lowest BCUT2D eigenvalue weighted by Gasteiger charge is -2.13. The van der Waals surface area contributed by atoms with Crippen LogP contribution >= 0.6 is 0 Å². The lowest BCUT2D eigenvalue weighted by atomic mass is 9.96. The number of aliphatic carboxylic acids is 1. The van der Waals surface area contributed by atoms with Crippen molar-refractivity contribution >= 4 is 29.3 Å². The topological polar surface area (TPSA) is 117 Å². The van der Waals surface area contributed by atoms with Crippen LogP contribution in [-0.2, 0) is 11.3 Å². The fourth-order valence-electron chi connectivity index (χ4n) is 3.60. The van der Waals surface area contributed by atoms with E-state index >= 15 is 0 Å². The van der Waals surface area contributed by atoms with Gasteiger partial charge in [-0.25, -0.2) is 9.59 Å². The number of benzene rings is 3. The van der Waals surface area contributed by atoms with E-state index in [-0.39, 0.29) is 17.7 Å². The Morgan fingerprint density at radius 1 is 1.03 bits per heavy atom. The molecule has 0 radical (unpaired) electrons. The van der Waals surface area contributed by atoms with Crippen LogP contribution in [0.4, 0.5) is 16.2 Å². The zero-order valence-corrected chi connectivity index (χ0v) is 17.3. The van der Waals surface area contributed by atoms with Crippen LogP contribution in [0, 0.1) is 6.92 Å². The highest BCUT2D eigenvalue weighted by Gasteiger charge is 2.27. The fourth-order valence-corrected chi connectivity index (χ4v) is 3.60. The van der Waals surface area contributed by atoms with Crippen LogP contribution in [0.5, 0.6) is 5.75 Å². The van der Waals surface area contributed by atoms with Gasteiger partial charge in [-0.2, -0.15) is 0 Å². The number of carboxylic acid groups (broad SMARTS) is 1. The Morgan fingerprint density at radius 3 is 2.50 bits per heavy atom. The van der Waals surface area contributed by atoms with E-state index in [1.54, 1.807) is 24.3 Å². The number of carbonyl (C=O) groups is 3. The van der Waals surface area contributed by atoms with Crippen LogP contribution in [0.25, 0.3) is 11.1 Å². The van der Waals surface area contributed by atoms with E-state index in [1.807, 2.05) is 43.3 Å². The monoisotopic (exact) mass is 431 g/mol. The standard InChI is InChI=1S/C24H21N3O5/c1-14-3-2-4-17(11-14)27-24(31)26-16-7-5-15(6-8-16)18-9-10-20(32-13-21(28)29)22-19(18)12-25-23(22)30/h2-11H,12-13H2,1H3,(H,25,30)(H,28,29)(H2,26,27,31). The minimum absolute atomic E-state index is 0.243. The molecule has 0 unspecified atom stereocenters. The fraction of sp³-hybridized carbons (Fsp3) is 0.125. The van der Waals surface area contributed by atoms with Gasteiger partial charge < -0.3 is 25.8 Å². The largest absolute Gasteiger partial charge is 0.481 e. The highest BCUT2D eigenvalue weighted by Crippen LogP contribution is 2.35. The first-order valence-corrected chi connectivity index (χ1v) is 9.94. The molecule has 0 spiro atoms. The molecular formula is C24H21N3O5. The number of fused-ring (bicyclic) bond motifs is 1. The van der Waals surface area contributed by atoms with E-state index in [4.69, 9.17) is 9.84 Å². The highest BCUT2D eigenvalue weighted by molar-refractivity contribution is 6.03. The van der Waals surface area contributed by atoms with Crippen LogP contribution in [0.15, 0.2) is 60.7 Å². The first-order valence-electron chi connectivity index (χ1n) is 9.94. The van der Waals surface area contributed by atoms with Crippen LogP contribution in [0.3, 0.4) is 0 Å². The number of hydrogen-bond donors (Lipinski definition) is 4. The highest BCUT2D eigenvalue weighted by atomic mass is 16.5. The van der Waals surface area contributed by atoms with Gasteiger partial charge >= 0.3 is 12.0 Å². The van der Waals surface area contributed by atoms with Gasteiger partial charge in [0.25, 0.3) is 5.91 Å². The molecule has 1 aliphatic heterocycles. The second kappa shape index (κ2) is 8.81. The molecule has 3 amide bonds. The summed E-state index contributed by atoms with van der Waals surface area (Å²) in [6.45, 7) is 1.75. The van der Waals surface area contributed by atoms with Crippen LogP contribution in [0.1, 0.15) is 21.5 Å². The third-order valence-electron chi connectivity index (χ3n) is 5.01. The van der Waals surface area contributed by atoms with Crippen molar-refractivity contribution < 1.29 is 24.2 Å². The quantitative estimate of drug-likeness (QED) is 0.470. The van der Waals surface area contributed by atoms with Crippen molar-refractivity contribution in [2.45, 2.75) is 13.5 Å². The third kappa shape index (κ3) is 4.54. The molecule has 32 heavy (non-hydrogen) atoms. The molecule has 0 saturated carbocycles. The molecule has 8 nitrogen and oxygen atoms in total. The van der Waals surface area contributed by atoms with Crippen molar-refractivity contribution in [2.75, 3.05) is 17.2 Å². The van der Waals surface area contributed by atoms with Gasteiger partial charge in [-0.3, -0.25) is 4.79 Å². The van der Waals surface area contributed by atoms with Crippen molar-refractivity contribution in [3.8, 4) is 16.9 Å². The minimum Gasteiger partial charge on any atom is -0.481 e. The lowest BCUT2D eigenvalue weighted by molar-refractivity contribution is -0.139. The number of ether oxygens (including phenoxy) is 1. The Kier molecular flexibility index (Phi) is 5.76. The van der Waals surface area contributed by atoms with Gasteiger partial charge in [-0.05, 0) is 59.5 Å². The van der Waals surface area contributed by atoms with E-state index in [2.05, 4.69) is 16.0 Å². The van der Waals surface area contributed by atoms with Crippen molar-refractivity contribution in [1.82, 2.24) is 5.32 Å². The summed E-state index contributed by atoms with van der Waals surface area (Å²) in [5.41, 5.74) is 5.15. The number of aryl methyl sites for hydroxylation is 1. The number of rotatable bonds is 6. The molecule has 8 heteroatoms. The van der Waals surface area contributed by atoms with Gasteiger partial charge in [0, 0.05) is 17.9 Å². The Balaban J connectivity index is 1.51. The number of carboxylic acids is 1. The smallest absolute Gasteiger partial charge is 0.341 e. The van der Waals surface area contributed by atoms with Crippen LogP contribution in [0.2, 0.25) is 0 Å². The molecule has 1 aliphatic rings. The van der Waals surface area contributed by atoms with E-state index in [0.29, 0.717) is 23.5 Å². The molecule has 4 rings (SSSR count). The Hall–Kier alpha value is -4.33. The summed E-state index contributed by atoms with van der Waals surface area (Å²) in [6, 6.07) is 17.8. The summed E-state index contributed by atoms with van der Waals surface area (Å²) in [5, 5.41) is 17.2. The second-order valence-corrected chi connectivity index (χ2v) is 7.36. The van der Waals surface area contributed by atoms with Gasteiger partial charge in [0.1, 0.15) is 5.75 Å². The maximum atomic E-state index is 12.3. The molecule has 0 aliphatic carbocycles. The molecule has 3 aromatic rings. The molecule has 162 valence electrons. The molecule has 4 N–H and O–H groups in total. The summed E-state index contributed by atoms with van der Waals surface area (Å²) >= 11 is 0. The van der Waals surface area contributed by atoms with Crippen LogP contribution in [-0.4, -0.2) is 29.6 Å². The average molecular weight is 431 g/mol. The van der Waals surface area contributed by atoms with Gasteiger partial charge in [0.2, 0.25) is 0 Å². The van der Waals surface area contributed by atoms with Crippen molar-refractivity contribution in [3.63, 3.8) is 0 Å². The summed E-state index contributed by atoms with van der Waals surface area (Å²) in [7, 11) is 0. The molecule has 0 fully saturated rings. The molecule has 0 bridgehead atoms. The summed E-state index contributed by atoms with van der Waals surface area (Å²) in [5.74, 6) is -1.17. The Morgan fingerprint density at radius 2 is 1.78 bits per heavy atom. The van der Waals surface area contributed by atoms with Gasteiger partial charge in [0.15, 0.2) is 6.61 Å². The van der Waals surface area contributed by atoms with E-state index in [9.17, 15) is 14.4 Å². The summed E-state index contributed by atoms with van der Waals surface area (Å²) in [4.78, 5) is 35.3. The third-order valence-corrected chi connectivity index (χ3v) is 5.01. The average Bonchev–Trinajstić information content (AvgIpc) is 3.15. The number of hydrogen-bond acceptors (Lipinski definition) is 4. The number of urea groups is 1. The zero-order chi connectivity index (χ0) is 22.7. The molecule has 0 atom stereocenters.